The lowest BCUT2D eigenvalue weighted by Gasteiger charge is -2.13. The van der Waals surface area contributed by atoms with Crippen molar-refractivity contribution in [3.05, 3.63) is 35.7 Å². The van der Waals surface area contributed by atoms with E-state index in [0.717, 1.165) is 0 Å². The molecule has 0 unspecified atom stereocenters. The molecule has 1 aromatic heterocycles. The zero-order valence-corrected chi connectivity index (χ0v) is 15.4. The van der Waals surface area contributed by atoms with E-state index >= 15 is 0 Å². The van der Waals surface area contributed by atoms with E-state index in [1.165, 1.54) is 4.57 Å². The lowest BCUT2D eigenvalue weighted by atomic mass is 10.1. The van der Waals surface area contributed by atoms with Gasteiger partial charge in [-0.2, -0.15) is 0 Å². The summed E-state index contributed by atoms with van der Waals surface area (Å²) in [6.07, 6.45) is 1.59. The van der Waals surface area contributed by atoms with Gasteiger partial charge in [0.25, 0.3) is 0 Å². The summed E-state index contributed by atoms with van der Waals surface area (Å²) in [5.74, 6) is -1.09. The van der Waals surface area contributed by atoms with Crippen molar-refractivity contribution in [2.45, 2.75) is 46.5 Å². The quantitative estimate of drug-likeness (QED) is 0.653. The summed E-state index contributed by atoms with van der Waals surface area (Å²) < 4.78 is 6.77. The monoisotopic (exact) mass is 359 g/mol. The lowest BCUT2D eigenvalue weighted by Crippen LogP contribution is -2.13. The molecule has 0 radical (unpaired) electrons. The van der Waals surface area contributed by atoms with Gasteiger partial charge in [0.05, 0.1) is 6.61 Å². The van der Waals surface area contributed by atoms with Gasteiger partial charge in [0.1, 0.15) is 17.1 Å². The van der Waals surface area contributed by atoms with Crippen LogP contribution in [0, 0.1) is 0 Å². The molecule has 1 aromatic carbocycles. The minimum atomic E-state index is -0.545. The third-order valence-corrected chi connectivity index (χ3v) is 4.01. The number of hydrogen-bond donors (Lipinski definition) is 2. The normalized spacial score (nSPS) is 10.7. The predicted octanol–water partition coefficient (Wildman–Crippen LogP) is 4.25. The molecule has 26 heavy (non-hydrogen) atoms. The molecule has 0 saturated heterocycles. The summed E-state index contributed by atoms with van der Waals surface area (Å²) in [6, 6.07) is 6.81. The molecule has 0 aliphatic rings. The van der Waals surface area contributed by atoms with Crippen LogP contribution in [0.25, 0.3) is 5.69 Å². The van der Waals surface area contributed by atoms with Crippen molar-refractivity contribution < 1.29 is 24.5 Å². The molecule has 2 aromatic rings. The first kappa shape index (κ1) is 19.6. The molecule has 0 atom stereocenters. The van der Waals surface area contributed by atoms with Gasteiger partial charge in [-0.15, -0.1) is 0 Å². The van der Waals surface area contributed by atoms with Gasteiger partial charge in [0, 0.05) is 18.5 Å². The minimum Gasteiger partial charge on any atom is -0.503 e. The van der Waals surface area contributed by atoms with Crippen molar-refractivity contribution >= 4 is 11.6 Å². The Bertz CT molecular complexity index is 748. The van der Waals surface area contributed by atoms with Gasteiger partial charge in [-0.05, 0) is 44.0 Å². The Morgan fingerprint density at radius 2 is 1.35 bits per heavy atom. The molecule has 0 aliphatic heterocycles. The number of carbonyl (C=O) groups is 2. The highest BCUT2D eigenvalue weighted by Gasteiger charge is 2.30. The van der Waals surface area contributed by atoms with Crippen molar-refractivity contribution in [2.24, 2.45) is 0 Å². The van der Waals surface area contributed by atoms with E-state index in [-0.39, 0.29) is 35.8 Å². The smallest absolute Gasteiger partial charge is 0.188 e. The van der Waals surface area contributed by atoms with Crippen LogP contribution in [-0.4, -0.2) is 33.0 Å². The van der Waals surface area contributed by atoms with E-state index in [1.807, 2.05) is 20.8 Å². The highest BCUT2D eigenvalue weighted by atomic mass is 16.5. The van der Waals surface area contributed by atoms with E-state index in [0.29, 0.717) is 30.9 Å². The van der Waals surface area contributed by atoms with Crippen LogP contribution in [0.4, 0.5) is 0 Å². The van der Waals surface area contributed by atoms with E-state index in [9.17, 15) is 19.8 Å². The molecular formula is C20H25NO5. The van der Waals surface area contributed by atoms with Crippen molar-refractivity contribution in [1.29, 1.82) is 0 Å². The van der Waals surface area contributed by atoms with E-state index < -0.39 is 11.5 Å². The maximum atomic E-state index is 12.5. The molecule has 2 N–H and O–H groups in total. The number of ether oxygens (including phenoxy) is 1. The van der Waals surface area contributed by atoms with Crippen molar-refractivity contribution in [2.75, 3.05) is 6.61 Å². The van der Waals surface area contributed by atoms with Gasteiger partial charge < -0.3 is 14.9 Å². The van der Waals surface area contributed by atoms with Crippen LogP contribution in [0.1, 0.15) is 67.4 Å². The first-order valence-corrected chi connectivity index (χ1v) is 8.92. The van der Waals surface area contributed by atoms with Crippen LogP contribution in [-0.2, 0) is 0 Å². The van der Waals surface area contributed by atoms with Gasteiger partial charge in [0.2, 0.25) is 0 Å². The number of rotatable bonds is 9. The summed E-state index contributed by atoms with van der Waals surface area (Å²) in [5, 5.41) is 20.7. The largest absolute Gasteiger partial charge is 0.503 e. The molecule has 2 rings (SSSR count). The molecule has 6 nitrogen and oxygen atoms in total. The minimum absolute atomic E-state index is 0.0621. The highest BCUT2D eigenvalue weighted by molar-refractivity contribution is 6.05. The molecule has 6 heteroatoms. The van der Waals surface area contributed by atoms with Crippen molar-refractivity contribution in [1.82, 2.24) is 4.57 Å². The van der Waals surface area contributed by atoms with Crippen molar-refractivity contribution in [3.63, 3.8) is 0 Å². The Kier molecular flexibility index (Phi) is 6.44. The van der Waals surface area contributed by atoms with Gasteiger partial charge >= 0.3 is 0 Å². The van der Waals surface area contributed by atoms with Gasteiger partial charge in [-0.25, -0.2) is 0 Å². The van der Waals surface area contributed by atoms with E-state index in [4.69, 9.17) is 4.74 Å². The predicted molar refractivity (Wildman–Crippen MR) is 98.7 cm³/mol. The molecular weight excluding hydrogens is 334 g/mol. The first-order valence-electron chi connectivity index (χ1n) is 8.92. The molecule has 1 heterocycles. The number of aromatic nitrogens is 1. The molecule has 0 amide bonds. The second-order valence-electron chi connectivity index (χ2n) is 6.00. The second-order valence-corrected chi connectivity index (χ2v) is 6.00. The Hall–Kier alpha value is -2.76. The number of ketones is 2. The molecule has 0 fully saturated rings. The molecule has 0 spiro atoms. The zero-order valence-electron chi connectivity index (χ0n) is 15.4. The van der Waals surface area contributed by atoms with Gasteiger partial charge in [0.15, 0.2) is 23.1 Å². The van der Waals surface area contributed by atoms with E-state index in [1.54, 1.807) is 24.3 Å². The number of carbonyl (C=O) groups excluding carboxylic acids is 2. The number of benzene rings is 1. The van der Waals surface area contributed by atoms with Crippen LogP contribution < -0.4 is 4.74 Å². The molecule has 140 valence electrons. The second kappa shape index (κ2) is 8.56. The topological polar surface area (TPSA) is 88.8 Å². The Morgan fingerprint density at radius 1 is 0.885 bits per heavy atom. The number of aromatic hydroxyl groups is 2. The summed E-state index contributed by atoms with van der Waals surface area (Å²) in [6.45, 7) is 6.09. The van der Waals surface area contributed by atoms with Crippen LogP contribution in [0.15, 0.2) is 24.3 Å². The SMILES string of the molecule is CCCC(=O)c1c(O)c(O)c(C(=O)CCC)n1-c1ccc(OCC)cc1. The molecule has 0 bridgehead atoms. The maximum absolute atomic E-state index is 12.5. The highest BCUT2D eigenvalue weighted by Crippen LogP contribution is 2.40. The standard InChI is InChI=1S/C20H25NO5/c1-4-7-15(22)17-19(24)20(25)18(16(23)8-5-2)21(17)13-9-11-14(12-10-13)26-6-3/h9-12,24-25H,4-8H2,1-3H3. The van der Waals surface area contributed by atoms with E-state index in [2.05, 4.69) is 0 Å². The number of hydrogen-bond acceptors (Lipinski definition) is 5. The fourth-order valence-electron chi connectivity index (χ4n) is 2.87. The summed E-state index contributed by atoms with van der Waals surface area (Å²) in [5.41, 5.74) is 0.379. The molecule has 0 saturated carbocycles. The fourth-order valence-corrected chi connectivity index (χ4v) is 2.87. The number of nitrogens with zero attached hydrogens (tertiary/aromatic N) is 1. The van der Waals surface area contributed by atoms with Gasteiger partial charge in [-0.3, -0.25) is 14.2 Å². The average molecular weight is 359 g/mol. The summed E-state index contributed by atoms with van der Waals surface area (Å²) in [4.78, 5) is 25.1. The summed E-state index contributed by atoms with van der Waals surface area (Å²) >= 11 is 0. The number of Topliss-reactive ketones (excluding diaryl/α,β-unsaturated/α-hetero) is 2. The van der Waals surface area contributed by atoms with Crippen molar-refractivity contribution in [3.8, 4) is 22.9 Å². The average Bonchev–Trinajstić information content (AvgIpc) is 2.88. The molecule has 0 aliphatic carbocycles. The van der Waals surface area contributed by atoms with Crippen LogP contribution in [0.3, 0.4) is 0 Å². The Morgan fingerprint density at radius 3 is 1.73 bits per heavy atom. The van der Waals surface area contributed by atoms with Crippen LogP contribution in [0.2, 0.25) is 0 Å². The first-order chi connectivity index (χ1) is 12.5. The Labute approximate surface area is 153 Å². The zero-order chi connectivity index (χ0) is 19.3. The Balaban J connectivity index is 2.68. The maximum Gasteiger partial charge on any atom is 0.188 e. The summed E-state index contributed by atoms with van der Waals surface area (Å²) in [7, 11) is 0. The van der Waals surface area contributed by atoms with Crippen LogP contribution >= 0.6 is 0 Å². The fraction of sp³-hybridized carbons (Fsp3) is 0.400. The van der Waals surface area contributed by atoms with Gasteiger partial charge in [-0.1, -0.05) is 13.8 Å². The third kappa shape index (κ3) is 3.74. The lowest BCUT2D eigenvalue weighted by molar-refractivity contribution is 0.0970. The van der Waals surface area contributed by atoms with Crippen LogP contribution in [0.5, 0.6) is 17.2 Å². The third-order valence-electron chi connectivity index (χ3n) is 4.01.